The van der Waals surface area contributed by atoms with Crippen molar-refractivity contribution < 1.29 is 0 Å². The van der Waals surface area contributed by atoms with Gasteiger partial charge in [0.1, 0.15) is 0 Å². The molecular formula is C14H16Si2. The minimum Gasteiger partial charge on any atom is -0.0675 e. The maximum Gasteiger partial charge on any atom is 0.0766 e. The number of rotatable bonds is 3. The lowest BCUT2D eigenvalue weighted by Crippen LogP contribution is -2.52. The SMILES string of the molecule is C[Si](C)([Si]c1ccccc1)c1ccccc1. The maximum atomic E-state index is 2.45. The molecule has 0 atom stereocenters. The summed E-state index contributed by atoms with van der Waals surface area (Å²) < 4.78 is 0. The molecule has 0 saturated carbocycles. The fourth-order valence-corrected chi connectivity index (χ4v) is 7.66. The van der Waals surface area contributed by atoms with Crippen molar-refractivity contribution in [1.82, 2.24) is 0 Å². The molecule has 0 spiro atoms. The van der Waals surface area contributed by atoms with Crippen LogP contribution in [-0.4, -0.2) is 16.6 Å². The zero-order chi connectivity index (χ0) is 11.4. The molecule has 0 aliphatic heterocycles. The highest BCUT2D eigenvalue weighted by molar-refractivity contribution is 7.33. The summed E-state index contributed by atoms with van der Waals surface area (Å²) in [7, 11) is -0.345. The van der Waals surface area contributed by atoms with E-state index in [1.54, 1.807) is 5.19 Å². The van der Waals surface area contributed by atoms with E-state index in [0.717, 1.165) is 9.04 Å². The summed E-state index contributed by atoms with van der Waals surface area (Å²) in [5.41, 5.74) is 0. The summed E-state index contributed by atoms with van der Waals surface area (Å²) in [4.78, 5) is 0. The van der Waals surface area contributed by atoms with Crippen molar-refractivity contribution >= 4 is 27.0 Å². The van der Waals surface area contributed by atoms with Gasteiger partial charge in [-0.25, -0.2) is 0 Å². The Balaban J connectivity index is 2.21. The Hall–Kier alpha value is -1.13. The van der Waals surface area contributed by atoms with Gasteiger partial charge in [-0.15, -0.1) is 0 Å². The van der Waals surface area contributed by atoms with Crippen molar-refractivity contribution in [2.45, 2.75) is 13.1 Å². The van der Waals surface area contributed by atoms with Crippen molar-refractivity contribution in [1.29, 1.82) is 0 Å². The quantitative estimate of drug-likeness (QED) is 0.721. The van der Waals surface area contributed by atoms with Gasteiger partial charge in [0.05, 0.1) is 16.6 Å². The first-order valence-electron chi connectivity index (χ1n) is 5.57. The van der Waals surface area contributed by atoms with Gasteiger partial charge in [-0.1, -0.05) is 84.1 Å². The van der Waals surface area contributed by atoms with Gasteiger partial charge in [-0.2, -0.15) is 0 Å². The van der Waals surface area contributed by atoms with Crippen LogP contribution in [-0.2, 0) is 0 Å². The second-order valence-corrected chi connectivity index (χ2v) is 13.6. The van der Waals surface area contributed by atoms with Crippen LogP contribution in [0.2, 0.25) is 13.1 Å². The molecule has 0 N–H and O–H groups in total. The van der Waals surface area contributed by atoms with Gasteiger partial charge in [-0.05, 0) is 0 Å². The summed E-state index contributed by atoms with van der Waals surface area (Å²) in [5, 5.41) is 3.04. The van der Waals surface area contributed by atoms with E-state index >= 15 is 0 Å². The molecule has 2 heteroatoms. The van der Waals surface area contributed by atoms with Crippen molar-refractivity contribution in [2.75, 3.05) is 0 Å². The van der Waals surface area contributed by atoms with E-state index in [0.29, 0.717) is 0 Å². The molecule has 0 heterocycles. The third kappa shape index (κ3) is 2.71. The molecule has 0 aliphatic rings. The van der Waals surface area contributed by atoms with E-state index in [4.69, 9.17) is 0 Å². The Morgan fingerprint density at radius 2 is 1.25 bits per heavy atom. The van der Waals surface area contributed by atoms with Gasteiger partial charge in [0.25, 0.3) is 0 Å². The van der Waals surface area contributed by atoms with Gasteiger partial charge >= 0.3 is 0 Å². The molecule has 2 radical (unpaired) electrons. The van der Waals surface area contributed by atoms with E-state index in [-0.39, 0.29) is 0 Å². The summed E-state index contributed by atoms with van der Waals surface area (Å²) in [5.74, 6) is 0. The van der Waals surface area contributed by atoms with Gasteiger partial charge in [0.2, 0.25) is 0 Å². The summed E-state index contributed by atoms with van der Waals surface area (Å²) in [6, 6.07) is 21.8. The maximum absolute atomic E-state index is 2.45. The van der Waals surface area contributed by atoms with Crippen LogP contribution in [0.25, 0.3) is 0 Å². The lowest BCUT2D eigenvalue weighted by Gasteiger charge is -2.22. The number of hydrogen-bond donors (Lipinski definition) is 0. The minimum atomic E-state index is -1.29. The second kappa shape index (κ2) is 4.81. The van der Waals surface area contributed by atoms with Crippen LogP contribution in [0.1, 0.15) is 0 Å². The molecule has 0 bridgehead atoms. The van der Waals surface area contributed by atoms with Gasteiger partial charge < -0.3 is 0 Å². The first-order valence-corrected chi connectivity index (χ1v) is 10.6. The molecule has 0 amide bonds. The van der Waals surface area contributed by atoms with E-state index in [1.165, 1.54) is 5.19 Å². The standard InChI is InChI=1S/C14H16Si2/c1-16(2,14-11-7-4-8-12-14)15-13-9-5-3-6-10-13/h3-12H,1-2H3. The summed E-state index contributed by atoms with van der Waals surface area (Å²) in [6.45, 7) is 4.90. The molecule has 0 nitrogen and oxygen atoms in total. The molecule has 2 rings (SSSR count). The normalized spacial score (nSPS) is 11.4. The smallest absolute Gasteiger partial charge is 0.0675 e. The predicted octanol–water partition coefficient (Wildman–Crippen LogP) is 2.13. The van der Waals surface area contributed by atoms with Crippen molar-refractivity contribution in [3.8, 4) is 0 Å². The molecule has 2 aromatic rings. The fraction of sp³-hybridized carbons (Fsp3) is 0.143. The second-order valence-electron chi connectivity index (χ2n) is 4.48. The van der Waals surface area contributed by atoms with Crippen LogP contribution in [0, 0.1) is 0 Å². The molecule has 16 heavy (non-hydrogen) atoms. The zero-order valence-corrected chi connectivity index (χ0v) is 11.8. The van der Waals surface area contributed by atoms with Gasteiger partial charge in [0, 0.05) is 0 Å². The predicted molar refractivity (Wildman–Crippen MR) is 75.4 cm³/mol. The van der Waals surface area contributed by atoms with Crippen LogP contribution in [0.5, 0.6) is 0 Å². The Kier molecular flexibility index (Phi) is 3.41. The Morgan fingerprint density at radius 3 is 1.81 bits per heavy atom. The molecular weight excluding hydrogens is 224 g/mol. The number of benzene rings is 2. The minimum absolute atomic E-state index is 0.947. The van der Waals surface area contributed by atoms with Crippen LogP contribution in [0.4, 0.5) is 0 Å². The Labute approximate surface area is 101 Å². The molecule has 0 saturated heterocycles. The van der Waals surface area contributed by atoms with Crippen molar-refractivity contribution in [3.05, 3.63) is 60.7 Å². The molecule has 0 unspecified atom stereocenters. The van der Waals surface area contributed by atoms with E-state index in [9.17, 15) is 0 Å². The highest BCUT2D eigenvalue weighted by Gasteiger charge is 2.24. The lowest BCUT2D eigenvalue weighted by atomic mass is 10.4. The topological polar surface area (TPSA) is 0 Å². The fourth-order valence-electron chi connectivity index (χ4n) is 1.81. The van der Waals surface area contributed by atoms with Crippen LogP contribution in [0.15, 0.2) is 60.7 Å². The Morgan fingerprint density at radius 1 is 0.750 bits per heavy atom. The monoisotopic (exact) mass is 240 g/mol. The van der Waals surface area contributed by atoms with Gasteiger partial charge in [0.15, 0.2) is 0 Å². The van der Waals surface area contributed by atoms with Crippen molar-refractivity contribution in [2.24, 2.45) is 0 Å². The first-order chi connectivity index (χ1) is 7.68. The molecule has 0 fully saturated rings. The number of hydrogen-bond acceptors (Lipinski definition) is 0. The average molecular weight is 240 g/mol. The largest absolute Gasteiger partial charge is 0.0766 e. The van der Waals surface area contributed by atoms with Crippen molar-refractivity contribution in [3.63, 3.8) is 0 Å². The Bertz CT molecular complexity index is 435. The van der Waals surface area contributed by atoms with E-state index < -0.39 is 7.59 Å². The third-order valence-corrected chi connectivity index (χ3v) is 9.36. The molecule has 0 aliphatic carbocycles. The van der Waals surface area contributed by atoms with Crippen LogP contribution >= 0.6 is 0 Å². The zero-order valence-electron chi connectivity index (χ0n) is 9.77. The van der Waals surface area contributed by atoms with E-state index in [1.807, 2.05) is 0 Å². The van der Waals surface area contributed by atoms with Crippen LogP contribution < -0.4 is 10.4 Å². The van der Waals surface area contributed by atoms with Gasteiger partial charge in [-0.3, -0.25) is 0 Å². The summed E-state index contributed by atoms with van der Waals surface area (Å²) in [6.07, 6.45) is 0. The highest BCUT2D eigenvalue weighted by Crippen LogP contribution is 2.01. The molecule has 2 aromatic carbocycles. The summed E-state index contributed by atoms with van der Waals surface area (Å²) >= 11 is 0. The molecule has 80 valence electrons. The average Bonchev–Trinajstić information content (AvgIpc) is 2.31. The van der Waals surface area contributed by atoms with E-state index in [2.05, 4.69) is 73.8 Å². The third-order valence-electron chi connectivity index (χ3n) is 2.73. The lowest BCUT2D eigenvalue weighted by molar-refractivity contribution is 1.73. The van der Waals surface area contributed by atoms with Crippen LogP contribution in [0.3, 0.4) is 0 Å². The highest BCUT2D eigenvalue weighted by atomic mass is 29.2. The first kappa shape index (κ1) is 11.4. The molecule has 0 aromatic heterocycles.